The molecule has 22 heavy (non-hydrogen) atoms. The van der Waals surface area contributed by atoms with E-state index in [4.69, 9.17) is 0 Å². The zero-order valence-corrected chi connectivity index (χ0v) is 14.8. The quantitative estimate of drug-likeness (QED) is 0.812. The molecule has 1 aliphatic carbocycles. The smallest absolute Gasteiger partial charge is 0.235 e. The maximum atomic E-state index is 13.1. The third-order valence-electron chi connectivity index (χ3n) is 5.17. The van der Waals surface area contributed by atoms with Gasteiger partial charge in [0.05, 0.1) is 5.54 Å². The first kappa shape index (κ1) is 15.7. The average Bonchev–Trinajstić information content (AvgIpc) is 2.71. The Kier molecular flexibility index (Phi) is 4.15. The van der Waals surface area contributed by atoms with Crippen molar-refractivity contribution < 1.29 is 9.59 Å². The molecule has 2 aliphatic rings. The van der Waals surface area contributed by atoms with Crippen LogP contribution in [0.3, 0.4) is 0 Å². The molecular weight excluding hydrogens is 342 g/mol. The summed E-state index contributed by atoms with van der Waals surface area (Å²) in [6.07, 6.45) is 5.63. The molecule has 2 fully saturated rings. The molecule has 1 unspecified atom stereocenters. The first-order valence-corrected chi connectivity index (χ1v) is 8.93. The van der Waals surface area contributed by atoms with E-state index in [9.17, 15) is 9.59 Å². The van der Waals surface area contributed by atoms with Crippen molar-refractivity contribution in [3.05, 3.63) is 33.3 Å². The first-order valence-electron chi connectivity index (χ1n) is 8.14. The van der Waals surface area contributed by atoms with Crippen molar-refractivity contribution in [3.8, 4) is 0 Å². The van der Waals surface area contributed by atoms with Gasteiger partial charge in [0.25, 0.3) is 0 Å². The third kappa shape index (κ3) is 2.41. The molecule has 0 aromatic heterocycles. The second kappa shape index (κ2) is 5.80. The van der Waals surface area contributed by atoms with Crippen LogP contribution in [0.5, 0.6) is 0 Å². The fourth-order valence-electron chi connectivity index (χ4n) is 4.08. The highest BCUT2D eigenvalue weighted by molar-refractivity contribution is 9.10. The Hall–Kier alpha value is -1.16. The molecule has 1 N–H and O–H groups in total. The highest BCUT2D eigenvalue weighted by Crippen LogP contribution is 2.41. The van der Waals surface area contributed by atoms with Crippen molar-refractivity contribution in [2.45, 2.75) is 63.8 Å². The normalized spacial score (nSPS) is 23.9. The van der Waals surface area contributed by atoms with Gasteiger partial charge in [0.15, 0.2) is 5.78 Å². The minimum absolute atomic E-state index is 0.0947. The molecule has 1 spiro atoms. The lowest BCUT2D eigenvalue weighted by molar-refractivity contribution is -0.125. The molecule has 1 amide bonds. The Bertz CT molecular complexity index is 632. The minimum atomic E-state index is -0.624. The summed E-state index contributed by atoms with van der Waals surface area (Å²) < 4.78 is 1.00. The molecule has 1 saturated carbocycles. The van der Waals surface area contributed by atoms with Gasteiger partial charge in [-0.3, -0.25) is 9.59 Å². The molecule has 1 aromatic rings. The molecule has 1 saturated heterocycles. The van der Waals surface area contributed by atoms with E-state index in [2.05, 4.69) is 28.2 Å². The summed E-state index contributed by atoms with van der Waals surface area (Å²) in [7, 11) is 0. The van der Waals surface area contributed by atoms with E-state index in [0.717, 1.165) is 59.7 Å². The van der Waals surface area contributed by atoms with Gasteiger partial charge < -0.3 is 5.32 Å². The molecule has 3 nitrogen and oxygen atoms in total. The molecule has 1 atom stereocenters. The number of carbonyl (C=O) groups is 2. The summed E-state index contributed by atoms with van der Waals surface area (Å²) in [5.74, 6) is -0.634. The van der Waals surface area contributed by atoms with Gasteiger partial charge in [-0.2, -0.15) is 0 Å². The number of aryl methyl sites for hydroxylation is 2. The van der Waals surface area contributed by atoms with Gasteiger partial charge >= 0.3 is 0 Å². The molecule has 118 valence electrons. The first-order chi connectivity index (χ1) is 10.5. The molecule has 3 rings (SSSR count). The number of Topliss-reactive ketones (excluding diaryl/α,β-unsaturated/α-hetero) is 1. The molecule has 1 heterocycles. The fraction of sp³-hybridized carbons (Fsp3) is 0.556. The van der Waals surface area contributed by atoms with Crippen molar-refractivity contribution in [2.75, 3.05) is 0 Å². The van der Waals surface area contributed by atoms with E-state index in [1.807, 2.05) is 19.1 Å². The Labute approximate surface area is 140 Å². The van der Waals surface area contributed by atoms with Gasteiger partial charge in [0, 0.05) is 4.47 Å². The number of ketones is 1. The van der Waals surface area contributed by atoms with E-state index in [1.165, 1.54) is 0 Å². The second-order valence-corrected chi connectivity index (χ2v) is 7.49. The van der Waals surface area contributed by atoms with E-state index in [-0.39, 0.29) is 11.7 Å². The van der Waals surface area contributed by atoms with Crippen molar-refractivity contribution in [1.82, 2.24) is 5.32 Å². The monoisotopic (exact) mass is 363 g/mol. The lowest BCUT2D eigenvalue weighted by Gasteiger charge is -2.31. The lowest BCUT2D eigenvalue weighted by Crippen LogP contribution is -2.47. The number of carbonyl (C=O) groups excluding carboxylic acids is 2. The standard InChI is InChI=1S/C18H22BrNO2/c1-3-12-10-13(19)9-11(2)14(12)15-16(21)18(20-17(15)22)7-5-4-6-8-18/h9-10,15H,3-8H2,1-2H3,(H,20,22). The summed E-state index contributed by atoms with van der Waals surface area (Å²) in [6, 6.07) is 4.04. The average molecular weight is 364 g/mol. The van der Waals surface area contributed by atoms with Crippen LogP contribution in [0.25, 0.3) is 0 Å². The van der Waals surface area contributed by atoms with Crippen LogP contribution in [-0.4, -0.2) is 17.2 Å². The SMILES string of the molecule is CCc1cc(Br)cc(C)c1C1C(=O)NC2(CCCCC2)C1=O. The molecule has 1 aliphatic heterocycles. The van der Waals surface area contributed by atoms with Crippen LogP contribution < -0.4 is 5.32 Å². The molecule has 1 aromatic carbocycles. The number of hydrogen-bond acceptors (Lipinski definition) is 2. The summed E-state index contributed by atoms with van der Waals surface area (Å²) in [5, 5.41) is 3.06. The Balaban J connectivity index is 2.06. The van der Waals surface area contributed by atoms with Crippen LogP contribution in [0.2, 0.25) is 0 Å². The van der Waals surface area contributed by atoms with Gasteiger partial charge in [0.2, 0.25) is 5.91 Å². The van der Waals surface area contributed by atoms with Crippen LogP contribution in [-0.2, 0) is 16.0 Å². The van der Waals surface area contributed by atoms with Crippen molar-refractivity contribution in [2.24, 2.45) is 0 Å². The van der Waals surface area contributed by atoms with E-state index in [1.54, 1.807) is 0 Å². The van der Waals surface area contributed by atoms with E-state index >= 15 is 0 Å². The number of benzene rings is 1. The van der Waals surface area contributed by atoms with Crippen LogP contribution in [0.4, 0.5) is 0 Å². The maximum Gasteiger partial charge on any atom is 0.235 e. The third-order valence-corrected chi connectivity index (χ3v) is 5.63. The highest BCUT2D eigenvalue weighted by atomic mass is 79.9. The van der Waals surface area contributed by atoms with E-state index < -0.39 is 11.5 Å². The Morgan fingerprint density at radius 3 is 2.55 bits per heavy atom. The van der Waals surface area contributed by atoms with E-state index in [0.29, 0.717) is 0 Å². The van der Waals surface area contributed by atoms with Gasteiger partial charge in [-0.05, 0) is 55.0 Å². The number of hydrogen-bond donors (Lipinski definition) is 1. The molecular formula is C18H22BrNO2. The van der Waals surface area contributed by atoms with Crippen molar-refractivity contribution >= 4 is 27.6 Å². The van der Waals surface area contributed by atoms with Crippen LogP contribution in [0.1, 0.15) is 61.6 Å². The van der Waals surface area contributed by atoms with Crippen LogP contribution in [0.15, 0.2) is 16.6 Å². The Morgan fingerprint density at radius 1 is 1.23 bits per heavy atom. The van der Waals surface area contributed by atoms with Crippen molar-refractivity contribution in [1.29, 1.82) is 0 Å². The van der Waals surface area contributed by atoms with Gasteiger partial charge in [0.1, 0.15) is 5.92 Å². The van der Waals surface area contributed by atoms with Gasteiger partial charge in [-0.15, -0.1) is 0 Å². The number of amides is 1. The molecule has 4 heteroatoms. The zero-order valence-electron chi connectivity index (χ0n) is 13.2. The van der Waals surface area contributed by atoms with Crippen LogP contribution >= 0.6 is 15.9 Å². The number of halogens is 1. The number of nitrogens with one attached hydrogen (secondary N) is 1. The largest absolute Gasteiger partial charge is 0.343 e. The highest BCUT2D eigenvalue weighted by Gasteiger charge is 2.53. The summed E-state index contributed by atoms with van der Waals surface area (Å²) in [5.41, 5.74) is 2.45. The maximum absolute atomic E-state index is 13.1. The second-order valence-electron chi connectivity index (χ2n) is 6.58. The summed E-state index contributed by atoms with van der Waals surface area (Å²) in [4.78, 5) is 25.7. The zero-order chi connectivity index (χ0) is 15.9. The summed E-state index contributed by atoms with van der Waals surface area (Å²) >= 11 is 3.51. The topological polar surface area (TPSA) is 46.2 Å². The predicted molar refractivity (Wildman–Crippen MR) is 90.0 cm³/mol. The number of rotatable bonds is 2. The Morgan fingerprint density at radius 2 is 1.91 bits per heavy atom. The van der Waals surface area contributed by atoms with Crippen LogP contribution in [0, 0.1) is 6.92 Å². The summed E-state index contributed by atoms with van der Waals surface area (Å²) in [6.45, 7) is 4.06. The minimum Gasteiger partial charge on any atom is -0.343 e. The van der Waals surface area contributed by atoms with Gasteiger partial charge in [-0.1, -0.05) is 42.1 Å². The van der Waals surface area contributed by atoms with Crippen molar-refractivity contribution in [3.63, 3.8) is 0 Å². The predicted octanol–water partition coefficient (Wildman–Crippen LogP) is 3.81. The lowest BCUT2D eigenvalue weighted by atomic mass is 9.75. The van der Waals surface area contributed by atoms with Gasteiger partial charge in [-0.25, -0.2) is 0 Å². The molecule has 0 radical (unpaired) electrons. The molecule has 0 bridgehead atoms. The fourth-order valence-corrected chi connectivity index (χ4v) is 4.70.